The third kappa shape index (κ3) is 3.83. The Morgan fingerprint density at radius 2 is 1.71 bits per heavy atom. The van der Waals surface area contributed by atoms with Crippen molar-refractivity contribution in [2.75, 3.05) is 27.6 Å². The standard InChI is InChI=1S/C27H22ClNO9/c1-33-19-5-13(6-20(34-2)24(19)30)22-14-7-17-18(37-11-36-17)8-15(14)25(16-10-35-27(32)23(16)22)38-26(31)12-3-4-21(28)29-9-12/h3-9,16,22-23,25,30H,10-11H2,1-2H3/t16-,22+,23-,25+/m0/s1. The molecular formula is C27H22ClNO9. The molecule has 3 heterocycles. The fraction of sp³-hybridized carbons (Fsp3) is 0.296. The highest BCUT2D eigenvalue weighted by Gasteiger charge is 2.54. The normalized spacial score (nSPS) is 22.8. The van der Waals surface area contributed by atoms with Crippen LogP contribution in [0.1, 0.15) is 39.1 Å². The van der Waals surface area contributed by atoms with Crippen molar-refractivity contribution in [2.45, 2.75) is 12.0 Å². The second-order valence-electron chi connectivity index (χ2n) is 9.10. The number of fused-ring (bicyclic) bond motifs is 3. The number of hydrogen-bond donors (Lipinski definition) is 1. The number of benzene rings is 2. The minimum absolute atomic E-state index is 0.0412. The number of aromatic hydroxyl groups is 1. The molecule has 6 rings (SSSR count). The van der Waals surface area contributed by atoms with E-state index >= 15 is 0 Å². The lowest BCUT2D eigenvalue weighted by atomic mass is 9.66. The van der Waals surface area contributed by atoms with Gasteiger partial charge in [-0.15, -0.1) is 0 Å². The summed E-state index contributed by atoms with van der Waals surface area (Å²) in [5.74, 6) is -1.58. The number of cyclic esters (lactones) is 1. The third-order valence-corrected chi connectivity index (χ3v) is 7.40. The number of carbonyl (C=O) groups excluding carboxylic acids is 2. The summed E-state index contributed by atoms with van der Waals surface area (Å²) in [7, 11) is 2.86. The number of esters is 2. The molecule has 0 radical (unpaired) electrons. The predicted octanol–water partition coefficient (Wildman–Crippen LogP) is 4.02. The fourth-order valence-corrected chi connectivity index (χ4v) is 5.55. The number of halogens is 1. The largest absolute Gasteiger partial charge is 0.502 e. The zero-order chi connectivity index (χ0) is 26.6. The van der Waals surface area contributed by atoms with E-state index in [0.717, 1.165) is 0 Å². The molecule has 4 atom stereocenters. The summed E-state index contributed by atoms with van der Waals surface area (Å²) in [5, 5.41) is 10.7. The minimum Gasteiger partial charge on any atom is -0.502 e. The van der Waals surface area contributed by atoms with Gasteiger partial charge in [0.2, 0.25) is 12.5 Å². The Morgan fingerprint density at radius 3 is 2.34 bits per heavy atom. The SMILES string of the molecule is COc1cc([C@@H]2c3cc4c(cc3[C@@H](OC(=O)c3ccc(Cl)nc3)[C@H]3COC(=O)[C@H]23)OCO4)cc(OC)c1O. The van der Waals surface area contributed by atoms with E-state index in [1.807, 2.05) is 0 Å². The number of phenolic OH excluding ortho intramolecular Hbond substituents is 1. The van der Waals surface area contributed by atoms with Crippen LogP contribution in [0.4, 0.5) is 0 Å². The van der Waals surface area contributed by atoms with Gasteiger partial charge in [0.1, 0.15) is 11.3 Å². The number of nitrogens with zero attached hydrogens (tertiary/aromatic N) is 1. The van der Waals surface area contributed by atoms with Crippen molar-refractivity contribution in [3.8, 4) is 28.7 Å². The van der Waals surface area contributed by atoms with E-state index in [1.54, 1.807) is 24.3 Å². The zero-order valence-electron chi connectivity index (χ0n) is 20.3. The number of ether oxygens (including phenoxy) is 6. The van der Waals surface area contributed by atoms with Crippen molar-refractivity contribution in [3.05, 3.63) is 70.0 Å². The molecule has 0 saturated carbocycles. The zero-order valence-corrected chi connectivity index (χ0v) is 21.1. The van der Waals surface area contributed by atoms with E-state index in [1.165, 1.54) is 32.5 Å². The molecular weight excluding hydrogens is 518 g/mol. The number of pyridine rings is 1. The van der Waals surface area contributed by atoms with Crippen LogP contribution in [0.15, 0.2) is 42.6 Å². The number of rotatable bonds is 5. The summed E-state index contributed by atoms with van der Waals surface area (Å²) < 4.78 is 33.5. The van der Waals surface area contributed by atoms with Crippen LogP contribution in [-0.4, -0.2) is 49.6 Å². The van der Waals surface area contributed by atoms with E-state index in [9.17, 15) is 14.7 Å². The van der Waals surface area contributed by atoms with Crippen LogP contribution in [0.25, 0.3) is 0 Å². The van der Waals surface area contributed by atoms with Crippen molar-refractivity contribution in [1.29, 1.82) is 0 Å². The summed E-state index contributed by atoms with van der Waals surface area (Å²) in [6, 6.07) is 9.90. The van der Waals surface area contributed by atoms with Crippen molar-refractivity contribution >= 4 is 23.5 Å². The first kappa shape index (κ1) is 24.2. The maximum atomic E-state index is 13.2. The summed E-state index contributed by atoms with van der Waals surface area (Å²) in [6.45, 7) is 0.0938. The molecule has 1 aliphatic carbocycles. The smallest absolute Gasteiger partial charge is 0.340 e. The van der Waals surface area contributed by atoms with Crippen LogP contribution >= 0.6 is 11.6 Å². The van der Waals surface area contributed by atoms with Crippen LogP contribution in [-0.2, 0) is 14.3 Å². The third-order valence-electron chi connectivity index (χ3n) is 7.18. The molecule has 38 heavy (non-hydrogen) atoms. The molecule has 0 bridgehead atoms. The van der Waals surface area contributed by atoms with Gasteiger partial charge in [-0.2, -0.15) is 0 Å². The van der Waals surface area contributed by atoms with Crippen molar-refractivity contribution < 1.29 is 43.1 Å². The van der Waals surface area contributed by atoms with Crippen molar-refractivity contribution in [1.82, 2.24) is 4.98 Å². The summed E-state index contributed by atoms with van der Waals surface area (Å²) in [4.78, 5) is 30.3. The van der Waals surface area contributed by atoms with Crippen LogP contribution in [0.3, 0.4) is 0 Å². The second-order valence-corrected chi connectivity index (χ2v) is 9.49. The topological polar surface area (TPSA) is 123 Å². The lowest BCUT2D eigenvalue weighted by Gasteiger charge is -2.38. The highest BCUT2D eigenvalue weighted by molar-refractivity contribution is 6.29. The highest BCUT2D eigenvalue weighted by Crippen LogP contribution is 2.56. The second kappa shape index (κ2) is 9.29. The molecule has 2 aromatic carbocycles. The molecule has 3 aromatic rings. The molecule has 1 fully saturated rings. The Hall–Kier alpha value is -4.18. The number of hydrogen-bond acceptors (Lipinski definition) is 10. The van der Waals surface area contributed by atoms with E-state index in [4.69, 9.17) is 40.0 Å². The molecule has 1 N–H and O–H groups in total. The average Bonchev–Trinajstić information content (AvgIpc) is 3.54. The van der Waals surface area contributed by atoms with Crippen molar-refractivity contribution in [2.24, 2.45) is 11.8 Å². The van der Waals surface area contributed by atoms with Gasteiger partial charge in [-0.3, -0.25) is 4.79 Å². The molecule has 2 aliphatic heterocycles. The molecule has 3 aliphatic rings. The highest BCUT2D eigenvalue weighted by atomic mass is 35.5. The van der Waals surface area contributed by atoms with Gasteiger partial charge in [-0.05, 0) is 47.5 Å². The average molecular weight is 540 g/mol. The minimum atomic E-state index is -0.823. The monoisotopic (exact) mass is 539 g/mol. The summed E-state index contributed by atoms with van der Waals surface area (Å²) >= 11 is 5.87. The van der Waals surface area contributed by atoms with Gasteiger partial charge in [0.25, 0.3) is 0 Å². The van der Waals surface area contributed by atoms with Gasteiger partial charge in [-0.25, -0.2) is 9.78 Å². The molecule has 0 amide bonds. The molecule has 1 aromatic heterocycles. The van der Waals surface area contributed by atoms with Crippen LogP contribution < -0.4 is 18.9 Å². The number of methoxy groups -OCH3 is 2. The first-order chi connectivity index (χ1) is 18.4. The lowest BCUT2D eigenvalue weighted by Crippen LogP contribution is -2.36. The maximum Gasteiger partial charge on any atom is 0.340 e. The van der Waals surface area contributed by atoms with E-state index in [2.05, 4.69) is 4.98 Å². The molecule has 10 nitrogen and oxygen atoms in total. The molecule has 0 unspecified atom stereocenters. The van der Waals surface area contributed by atoms with E-state index in [-0.39, 0.29) is 41.4 Å². The first-order valence-corrected chi connectivity index (χ1v) is 12.1. The van der Waals surface area contributed by atoms with E-state index in [0.29, 0.717) is 28.2 Å². The Kier molecular flexibility index (Phi) is 5.91. The maximum absolute atomic E-state index is 13.2. The fourth-order valence-electron chi connectivity index (χ4n) is 5.44. The quantitative estimate of drug-likeness (QED) is 0.375. The van der Waals surface area contributed by atoms with Gasteiger partial charge in [0.05, 0.1) is 32.3 Å². The molecule has 0 spiro atoms. The van der Waals surface area contributed by atoms with Gasteiger partial charge >= 0.3 is 11.9 Å². The van der Waals surface area contributed by atoms with Crippen LogP contribution in [0.2, 0.25) is 5.15 Å². The lowest BCUT2D eigenvalue weighted by molar-refractivity contribution is -0.141. The number of aromatic nitrogens is 1. The van der Waals surface area contributed by atoms with Crippen LogP contribution in [0.5, 0.6) is 28.7 Å². The van der Waals surface area contributed by atoms with E-state index < -0.39 is 35.8 Å². The van der Waals surface area contributed by atoms with Crippen molar-refractivity contribution in [3.63, 3.8) is 0 Å². The van der Waals surface area contributed by atoms with Gasteiger partial charge in [-0.1, -0.05) is 11.6 Å². The van der Waals surface area contributed by atoms with Gasteiger partial charge in [0.15, 0.2) is 23.0 Å². The number of phenols is 1. The Bertz CT molecular complexity index is 1420. The van der Waals surface area contributed by atoms with Crippen LogP contribution in [0, 0.1) is 11.8 Å². The Labute approximate surface area is 221 Å². The van der Waals surface area contributed by atoms with Gasteiger partial charge in [0, 0.05) is 23.6 Å². The Balaban J connectivity index is 1.51. The summed E-state index contributed by atoms with van der Waals surface area (Å²) in [6.07, 6.45) is 0.510. The Morgan fingerprint density at radius 1 is 1.03 bits per heavy atom. The first-order valence-electron chi connectivity index (χ1n) is 11.8. The molecule has 1 saturated heterocycles. The molecule has 196 valence electrons. The molecule has 11 heteroatoms. The predicted molar refractivity (Wildman–Crippen MR) is 131 cm³/mol. The summed E-state index contributed by atoms with van der Waals surface area (Å²) in [5.41, 5.74) is 2.21. The van der Waals surface area contributed by atoms with Gasteiger partial charge < -0.3 is 33.5 Å². The number of carbonyl (C=O) groups is 2.